The largest absolute Gasteiger partial charge is 0.492 e. The number of benzene rings is 2. The number of nitrogens with zero attached hydrogens (tertiary/aromatic N) is 1. The second-order valence-electron chi connectivity index (χ2n) is 7.70. The van der Waals surface area contributed by atoms with Gasteiger partial charge in [0, 0.05) is 29.4 Å². The van der Waals surface area contributed by atoms with Crippen molar-refractivity contribution in [1.82, 2.24) is 10.3 Å². The fourth-order valence-electron chi connectivity index (χ4n) is 3.57. The summed E-state index contributed by atoms with van der Waals surface area (Å²) in [7, 11) is 0. The van der Waals surface area contributed by atoms with Crippen LogP contribution in [-0.2, 0) is 5.54 Å². The van der Waals surface area contributed by atoms with E-state index < -0.39 is 0 Å². The molecule has 1 unspecified atom stereocenters. The Morgan fingerprint density at radius 2 is 2.11 bits per heavy atom. The quantitative estimate of drug-likeness (QED) is 0.689. The molecule has 1 atom stereocenters. The minimum atomic E-state index is -0.312. The topological polar surface area (TPSA) is 77.2 Å². The first-order valence-electron chi connectivity index (χ1n) is 9.63. The lowest BCUT2D eigenvalue weighted by Crippen LogP contribution is -2.35. The third-order valence-corrected chi connectivity index (χ3v) is 5.27. The zero-order chi connectivity index (χ0) is 19.7. The van der Waals surface area contributed by atoms with Crippen LogP contribution in [0.3, 0.4) is 0 Å². The number of aryl methyl sites for hydroxylation is 1. The lowest BCUT2D eigenvalue weighted by Gasteiger charge is -2.21. The molecule has 3 N–H and O–H groups in total. The molecule has 1 saturated carbocycles. The van der Waals surface area contributed by atoms with E-state index in [2.05, 4.69) is 16.4 Å². The summed E-state index contributed by atoms with van der Waals surface area (Å²) in [4.78, 5) is 17.3. The molecule has 0 bridgehead atoms. The smallest absolute Gasteiger partial charge is 0.252 e. The summed E-state index contributed by atoms with van der Waals surface area (Å²) in [5.41, 5.74) is 8.16. The lowest BCUT2D eigenvalue weighted by atomic mass is 9.97. The van der Waals surface area contributed by atoms with Gasteiger partial charge in [-0.3, -0.25) is 9.78 Å². The Kier molecular flexibility index (Phi) is 4.77. The number of nitrogens with one attached hydrogen (secondary N) is 1. The van der Waals surface area contributed by atoms with E-state index in [-0.39, 0.29) is 17.5 Å². The molecule has 28 heavy (non-hydrogen) atoms. The molecule has 0 spiro atoms. The molecule has 4 rings (SSSR count). The molecular formula is C23H25N3O2. The highest BCUT2D eigenvalue weighted by Crippen LogP contribution is 2.48. The highest BCUT2D eigenvalue weighted by Gasteiger charge is 2.46. The molecule has 1 aliphatic carbocycles. The average Bonchev–Trinajstić information content (AvgIpc) is 3.47. The maximum atomic E-state index is 13.1. The Labute approximate surface area is 164 Å². The summed E-state index contributed by atoms with van der Waals surface area (Å²) in [6.07, 6.45) is 5.52. The summed E-state index contributed by atoms with van der Waals surface area (Å²) in [6, 6.07) is 13.7. The van der Waals surface area contributed by atoms with E-state index in [0.29, 0.717) is 17.9 Å². The van der Waals surface area contributed by atoms with Crippen molar-refractivity contribution in [2.45, 2.75) is 38.3 Å². The van der Waals surface area contributed by atoms with E-state index in [9.17, 15) is 4.79 Å². The maximum absolute atomic E-state index is 13.1. The number of hydrogen-bond donors (Lipinski definition) is 2. The number of rotatable bonds is 6. The second kappa shape index (κ2) is 7.24. The summed E-state index contributed by atoms with van der Waals surface area (Å²) in [5.74, 6) is 0.585. The van der Waals surface area contributed by atoms with Gasteiger partial charge in [0.15, 0.2) is 0 Å². The van der Waals surface area contributed by atoms with Crippen molar-refractivity contribution in [3.8, 4) is 5.75 Å². The Morgan fingerprint density at radius 1 is 1.29 bits per heavy atom. The van der Waals surface area contributed by atoms with Crippen molar-refractivity contribution in [3.63, 3.8) is 0 Å². The molecule has 1 amide bonds. The van der Waals surface area contributed by atoms with E-state index in [1.807, 2.05) is 50.4 Å². The van der Waals surface area contributed by atoms with Crippen LogP contribution in [0.1, 0.15) is 41.3 Å². The van der Waals surface area contributed by atoms with Crippen molar-refractivity contribution in [2.75, 3.05) is 6.61 Å². The second-order valence-corrected chi connectivity index (χ2v) is 7.70. The predicted octanol–water partition coefficient (Wildman–Crippen LogP) is 3.69. The number of ether oxygens (including phenoxy) is 1. The number of nitrogens with two attached hydrogens (primary N) is 1. The maximum Gasteiger partial charge on any atom is 0.252 e. The van der Waals surface area contributed by atoms with Gasteiger partial charge in [-0.05, 0) is 61.4 Å². The zero-order valence-corrected chi connectivity index (χ0v) is 16.2. The standard InChI is InChI=1S/C23H25N3O2/c1-15-6-7-18(28-14-16(2)24)12-20(15)22(27)26-23(9-10-23)21-5-3-4-17-13-25-11-8-19(17)21/h3-8,11-13,16H,9-10,14,24H2,1-2H3,(H,26,27). The van der Waals surface area contributed by atoms with Gasteiger partial charge in [-0.15, -0.1) is 0 Å². The highest BCUT2D eigenvalue weighted by atomic mass is 16.5. The summed E-state index contributed by atoms with van der Waals surface area (Å²) in [5, 5.41) is 5.51. The van der Waals surface area contributed by atoms with Gasteiger partial charge in [0.25, 0.3) is 5.91 Å². The van der Waals surface area contributed by atoms with Gasteiger partial charge in [-0.25, -0.2) is 0 Å². The van der Waals surface area contributed by atoms with Gasteiger partial charge in [0.2, 0.25) is 0 Å². The van der Waals surface area contributed by atoms with Crippen molar-refractivity contribution in [3.05, 3.63) is 71.5 Å². The summed E-state index contributed by atoms with van der Waals surface area (Å²) < 4.78 is 5.69. The molecule has 1 heterocycles. The number of amides is 1. The fourth-order valence-corrected chi connectivity index (χ4v) is 3.57. The number of pyridine rings is 1. The molecule has 1 aromatic heterocycles. The normalized spacial score (nSPS) is 15.8. The van der Waals surface area contributed by atoms with E-state index >= 15 is 0 Å². The first-order valence-corrected chi connectivity index (χ1v) is 9.63. The van der Waals surface area contributed by atoms with Crippen molar-refractivity contribution >= 4 is 16.7 Å². The SMILES string of the molecule is Cc1ccc(OCC(C)N)cc1C(=O)NC1(c2cccc3cnccc23)CC1. The molecule has 0 saturated heterocycles. The van der Waals surface area contributed by atoms with Crippen LogP contribution < -0.4 is 15.8 Å². The van der Waals surface area contributed by atoms with Crippen LogP contribution in [-0.4, -0.2) is 23.5 Å². The monoisotopic (exact) mass is 375 g/mol. The van der Waals surface area contributed by atoms with Crippen LogP contribution >= 0.6 is 0 Å². The van der Waals surface area contributed by atoms with Gasteiger partial charge in [-0.2, -0.15) is 0 Å². The van der Waals surface area contributed by atoms with Crippen LogP contribution in [0, 0.1) is 6.92 Å². The Hall–Kier alpha value is -2.92. The number of hydrogen-bond acceptors (Lipinski definition) is 4. The first-order chi connectivity index (χ1) is 13.5. The molecule has 0 radical (unpaired) electrons. The molecule has 3 aromatic rings. The molecular weight excluding hydrogens is 350 g/mol. The van der Waals surface area contributed by atoms with Crippen LogP contribution in [0.4, 0.5) is 0 Å². The van der Waals surface area contributed by atoms with E-state index in [1.54, 1.807) is 12.3 Å². The Balaban J connectivity index is 1.60. The lowest BCUT2D eigenvalue weighted by molar-refractivity contribution is 0.0930. The number of fused-ring (bicyclic) bond motifs is 1. The third-order valence-electron chi connectivity index (χ3n) is 5.27. The van der Waals surface area contributed by atoms with Crippen LogP contribution in [0.5, 0.6) is 5.75 Å². The third kappa shape index (κ3) is 3.58. The molecule has 5 heteroatoms. The summed E-state index contributed by atoms with van der Waals surface area (Å²) >= 11 is 0. The van der Waals surface area contributed by atoms with E-state index in [1.165, 1.54) is 0 Å². The zero-order valence-electron chi connectivity index (χ0n) is 16.2. The van der Waals surface area contributed by atoms with Gasteiger partial charge in [0.1, 0.15) is 12.4 Å². The van der Waals surface area contributed by atoms with Gasteiger partial charge < -0.3 is 15.8 Å². The van der Waals surface area contributed by atoms with Gasteiger partial charge in [0.05, 0.1) is 5.54 Å². The number of carbonyl (C=O) groups excluding carboxylic acids is 1. The minimum Gasteiger partial charge on any atom is -0.492 e. The van der Waals surface area contributed by atoms with Crippen molar-refractivity contribution < 1.29 is 9.53 Å². The summed E-state index contributed by atoms with van der Waals surface area (Å²) in [6.45, 7) is 4.24. The Morgan fingerprint density at radius 3 is 2.86 bits per heavy atom. The van der Waals surface area contributed by atoms with E-state index in [4.69, 9.17) is 10.5 Å². The van der Waals surface area contributed by atoms with Crippen LogP contribution in [0.15, 0.2) is 54.9 Å². The average molecular weight is 375 g/mol. The molecule has 1 fully saturated rings. The molecule has 1 aliphatic rings. The van der Waals surface area contributed by atoms with E-state index in [0.717, 1.165) is 34.7 Å². The fraction of sp³-hybridized carbons (Fsp3) is 0.304. The molecule has 2 aromatic carbocycles. The van der Waals surface area contributed by atoms with Crippen LogP contribution in [0.25, 0.3) is 10.8 Å². The minimum absolute atomic E-state index is 0.0610. The molecule has 144 valence electrons. The van der Waals surface area contributed by atoms with Crippen molar-refractivity contribution in [2.24, 2.45) is 5.73 Å². The highest BCUT2D eigenvalue weighted by molar-refractivity contribution is 5.97. The first kappa shape index (κ1) is 18.4. The molecule has 0 aliphatic heterocycles. The van der Waals surface area contributed by atoms with Gasteiger partial charge >= 0.3 is 0 Å². The predicted molar refractivity (Wildman–Crippen MR) is 110 cm³/mol. The number of aromatic nitrogens is 1. The van der Waals surface area contributed by atoms with Gasteiger partial charge in [-0.1, -0.05) is 24.3 Å². The number of carbonyl (C=O) groups is 1. The van der Waals surface area contributed by atoms with Crippen molar-refractivity contribution in [1.29, 1.82) is 0 Å². The van der Waals surface area contributed by atoms with Crippen LogP contribution in [0.2, 0.25) is 0 Å². The Bertz CT molecular complexity index is 1020. The molecule has 5 nitrogen and oxygen atoms in total.